The molecule has 0 atom stereocenters. The van der Waals surface area contributed by atoms with E-state index in [2.05, 4.69) is 15.1 Å². The Morgan fingerprint density at radius 2 is 1.90 bits per heavy atom. The number of fused-ring (bicyclic) bond motifs is 1. The molecule has 0 amide bonds. The van der Waals surface area contributed by atoms with Gasteiger partial charge in [-0.1, -0.05) is 0 Å². The van der Waals surface area contributed by atoms with Crippen molar-refractivity contribution in [1.29, 1.82) is 0 Å². The number of nitrogens with zero attached hydrogens (tertiary/aromatic N) is 4. The third-order valence-corrected chi connectivity index (χ3v) is 3.23. The smallest absolute Gasteiger partial charge is 0.162 e. The van der Waals surface area contributed by atoms with Gasteiger partial charge >= 0.3 is 0 Å². The summed E-state index contributed by atoms with van der Waals surface area (Å²) >= 11 is 0. The molecule has 0 saturated heterocycles. The lowest BCUT2D eigenvalue weighted by Gasteiger charge is -2.18. The van der Waals surface area contributed by atoms with E-state index >= 15 is 0 Å². The van der Waals surface area contributed by atoms with Crippen molar-refractivity contribution in [2.45, 2.75) is 0 Å². The molecule has 0 spiro atoms. The van der Waals surface area contributed by atoms with E-state index in [1.165, 1.54) is 6.33 Å². The van der Waals surface area contributed by atoms with Crippen molar-refractivity contribution in [1.82, 2.24) is 19.7 Å². The van der Waals surface area contributed by atoms with Crippen molar-refractivity contribution >= 4 is 0 Å². The van der Waals surface area contributed by atoms with Gasteiger partial charge in [0.1, 0.15) is 19.5 Å². The van der Waals surface area contributed by atoms with Crippen LogP contribution >= 0.6 is 0 Å². The molecule has 0 aliphatic carbocycles. The van der Waals surface area contributed by atoms with E-state index < -0.39 is 0 Å². The van der Waals surface area contributed by atoms with Crippen LogP contribution in [-0.2, 0) is 0 Å². The Kier molecular flexibility index (Phi) is 2.77. The van der Waals surface area contributed by atoms with Crippen molar-refractivity contribution in [3.63, 3.8) is 0 Å². The highest BCUT2D eigenvalue weighted by Crippen LogP contribution is 2.34. The Labute approximate surface area is 121 Å². The summed E-state index contributed by atoms with van der Waals surface area (Å²) in [6.07, 6.45) is 5.09. The van der Waals surface area contributed by atoms with E-state index in [0.717, 1.165) is 28.6 Å². The van der Waals surface area contributed by atoms with Crippen molar-refractivity contribution in [3.05, 3.63) is 49.1 Å². The van der Waals surface area contributed by atoms with Gasteiger partial charge in [-0.3, -0.25) is 0 Å². The summed E-state index contributed by atoms with van der Waals surface area (Å²) in [6, 6.07) is 9.54. The molecule has 6 nitrogen and oxygen atoms in total. The maximum atomic E-state index is 5.60. The standard InChI is InChI=1S/C15H12N4O2/c1-4-18-19(5-1)15-9-12(16-10-17-15)11-2-3-13-14(8-11)21-7-6-20-13/h1-5,8-10H,6-7H2. The van der Waals surface area contributed by atoms with Crippen LogP contribution in [0.3, 0.4) is 0 Å². The third-order valence-electron chi connectivity index (χ3n) is 3.23. The Morgan fingerprint density at radius 3 is 2.76 bits per heavy atom. The van der Waals surface area contributed by atoms with Gasteiger partial charge in [-0.05, 0) is 24.3 Å². The van der Waals surface area contributed by atoms with Gasteiger partial charge < -0.3 is 9.47 Å². The van der Waals surface area contributed by atoms with Crippen LogP contribution in [0.4, 0.5) is 0 Å². The maximum absolute atomic E-state index is 5.60. The minimum atomic E-state index is 0.568. The molecule has 0 bridgehead atoms. The summed E-state index contributed by atoms with van der Waals surface area (Å²) in [7, 11) is 0. The zero-order chi connectivity index (χ0) is 14.1. The van der Waals surface area contributed by atoms with E-state index in [-0.39, 0.29) is 0 Å². The molecule has 0 fully saturated rings. The molecule has 3 heterocycles. The van der Waals surface area contributed by atoms with Gasteiger partial charge in [-0.2, -0.15) is 5.10 Å². The molecular weight excluding hydrogens is 268 g/mol. The Bertz CT molecular complexity index is 771. The van der Waals surface area contributed by atoms with Gasteiger partial charge in [-0.15, -0.1) is 0 Å². The van der Waals surface area contributed by atoms with Gasteiger partial charge in [-0.25, -0.2) is 14.6 Å². The predicted molar refractivity (Wildman–Crippen MR) is 75.6 cm³/mol. The zero-order valence-corrected chi connectivity index (χ0v) is 11.1. The first kappa shape index (κ1) is 11.9. The minimum Gasteiger partial charge on any atom is -0.486 e. The van der Waals surface area contributed by atoms with Crippen LogP contribution in [0.2, 0.25) is 0 Å². The van der Waals surface area contributed by atoms with Crippen LogP contribution in [0, 0.1) is 0 Å². The van der Waals surface area contributed by atoms with Crippen LogP contribution < -0.4 is 9.47 Å². The van der Waals surface area contributed by atoms with Gasteiger partial charge in [0.2, 0.25) is 0 Å². The predicted octanol–water partition coefficient (Wildman–Crippen LogP) is 2.10. The average molecular weight is 280 g/mol. The summed E-state index contributed by atoms with van der Waals surface area (Å²) in [5.41, 5.74) is 1.77. The average Bonchev–Trinajstić information content (AvgIpc) is 3.09. The molecule has 1 aromatic carbocycles. The topological polar surface area (TPSA) is 62.1 Å². The normalized spacial score (nSPS) is 13.1. The summed E-state index contributed by atoms with van der Waals surface area (Å²) < 4.78 is 12.8. The Balaban J connectivity index is 1.75. The van der Waals surface area contributed by atoms with Crippen LogP contribution in [0.1, 0.15) is 0 Å². The number of aromatic nitrogens is 4. The largest absolute Gasteiger partial charge is 0.486 e. The zero-order valence-electron chi connectivity index (χ0n) is 11.1. The molecule has 0 unspecified atom stereocenters. The second kappa shape index (κ2) is 4.90. The lowest BCUT2D eigenvalue weighted by atomic mass is 10.1. The van der Waals surface area contributed by atoms with E-state index in [0.29, 0.717) is 13.2 Å². The first-order valence-corrected chi connectivity index (χ1v) is 6.62. The van der Waals surface area contributed by atoms with Crippen molar-refractivity contribution in [2.24, 2.45) is 0 Å². The molecular formula is C15H12N4O2. The van der Waals surface area contributed by atoms with Gasteiger partial charge in [0.05, 0.1) is 5.69 Å². The molecule has 1 aliphatic heterocycles. The monoisotopic (exact) mass is 280 g/mol. The molecule has 3 aromatic rings. The summed E-state index contributed by atoms with van der Waals surface area (Å²) in [6.45, 7) is 1.15. The molecule has 2 aromatic heterocycles. The number of ether oxygens (including phenoxy) is 2. The number of rotatable bonds is 2. The number of hydrogen-bond acceptors (Lipinski definition) is 5. The van der Waals surface area contributed by atoms with Gasteiger partial charge in [0, 0.05) is 24.0 Å². The molecule has 0 radical (unpaired) electrons. The third kappa shape index (κ3) is 2.20. The van der Waals surface area contributed by atoms with Gasteiger partial charge in [0.15, 0.2) is 17.3 Å². The van der Waals surface area contributed by atoms with Crippen LogP contribution in [0.25, 0.3) is 17.1 Å². The number of benzene rings is 1. The van der Waals surface area contributed by atoms with Crippen molar-refractivity contribution < 1.29 is 9.47 Å². The highest BCUT2D eigenvalue weighted by atomic mass is 16.6. The summed E-state index contributed by atoms with van der Waals surface area (Å²) in [5, 5.41) is 4.17. The number of hydrogen-bond donors (Lipinski definition) is 0. The minimum absolute atomic E-state index is 0.568. The molecule has 4 rings (SSSR count). The summed E-state index contributed by atoms with van der Waals surface area (Å²) in [4.78, 5) is 8.55. The van der Waals surface area contributed by atoms with Crippen LogP contribution in [-0.4, -0.2) is 33.0 Å². The van der Waals surface area contributed by atoms with E-state index in [9.17, 15) is 0 Å². The lowest BCUT2D eigenvalue weighted by molar-refractivity contribution is 0.171. The quantitative estimate of drug-likeness (QED) is 0.719. The first-order chi connectivity index (χ1) is 10.4. The first-order valence-electron chi connectivity index (χ1n) is 6.62. The molecule has 6 heteroatoms. The van der Waals surface area contributed by atoms with Crippen LogP contribution in [0.15, 0.2) is 49.1 Å². The fourth-order valence-electron chi connectivity index (χ4n) is 2.24. The van der Waals surface area contributed by atoms with Crippen molar-refractivity contribution in [2.75, 3.05) is 13.2 Å². The highest BCUT2D eigenvalue weighted by Gasteiger charge is 2.13. The van der Waals surface area contributed by atoms with Crippen LogP contribution in [0.5, 0.6) is 11.5 Å². The van der Waals surface area contributed by atoms with E-state index in [1.807, 2.05) is 36.5 Å². The molecule has 21 heavy (non-hydrogen) atoms. The Hall–Kier alpha value is -2.89. The molecule has 1 aliphatic rings. The fourth-order valence-corrected chi connectivity index (χ4v) is 2.24. The molecule has 104 valence electrons. The lowest BCUT2D eigenvalue weighted by Crippen LogP contribution is -2.15. The maximum Gasteiger partial charge on any atom is 0.162 e. The SMILES string of the molecule is c1cnn(-c2cc(-c3ccc4c(c3)OCCO4)ncn2)c1. The second-order valence-electron chi connectivity index (χ2n) is 4.57. The second-order valence-corrected chi connectivity index (χ2v) is 4.57. The van der Waals surface area contributed by atoms with E-state index in [4.69, 9.17) is 9.47 Å². The highest BCUT2D eigenvalue weighted by molar-refractivity contribution is 5.65. The Morgan fingerprint density at radius 1 is 1.00 bits per heavy atom. The van der Waals surface area contributed by atoms with Gasteiger partial charge in [0.25, 0.3) is 0 Å². The molecule has 0 N–H and O–H groups in total. The summed E-state index contributed by atoms with van der Waals surface area (Å²) in [5.74, 6) is 2.24. The van der Waals surface area contributed by atoms with Crippen molar-refractivity contribution in [3.8, 4) is 28.6 Å². The molecule has 0 saturated carbocycles. The fraction of sp³-hybridized carbons (Fsp3) is 0.133. The van der Waals surface area contributed by atoms with E-state index in [1.54, 1.807) is 10.9 Å².